The first-order valence-corrected chi connectivity index (χ1v) is 6.42. The number of nitrogens with one attached hydrogen (secondary N) is 1. The molecular formula is C13H27NO2. The summed E-state index contributed by atoms with van der Waals surface area (Å²) < 4.78 is 5.24. The van der Waals surface area contributed by atoms with E-state index in [4.69, 9.17) is 4.74 Å². The fourth-order valence-electron chi connectivity index (χ4n) is 1.55. The van der Waals surface area contributed by atoms with Crippen LogP contribution in [0, 0.1) is 0 Å². The van der Waals surface area contributed by atoms with Gasteiger partial charge in [-0.05, 0) is 33.1 Å². The Morgan fingerprint density at radius 1 is 1.25 bits per heavy atom. The van der Waals surface area contributed by atoms with Crippen LogP contribution in [0.15, 0.2) is 0 Å². The van der Waals surface area contributed by atoms with Crippen LogP contribution in [-0.4, -0.2) is 24.2 Å². The number of esters is 1. The molecule has 0 aromatic heterocycles. The normalized spacial score (nSPS) is 11.9. The Hall–Kier alpha value is -0.570. The SMILES string of the molecule is CCCCOC(=O)C(C)(C)NC(CC)CC. The monoisotopic (exact) mass is 229 g/mol. The summed E-state index contributed by atoms with van der Waals surface area (Å²) in [5.41, 5.74) is -0.579. The zero-order valence-corrected chi connectivity index (χ0v) is 11.4. The second-order valence-corrected chi connectivity index (χ2v) is 4.77. The van der Waals surface area contributed by atoms with Crippen molar-refractivity contribution in [2.75, 3.05) is 6.61 Å². The Morgan fingerprint density at radius 2 is 1.81 bits per heavy atom. The topological polar surface area (TPSA) is 38.3 Å². The number of hydrogen-bond acceptors (Lipinski definition) is 3. The highest BCUT2D eigenvalue weighted by molar-refractivity contribution is 5.79. The summed E-state index contributed by atoms with van der Waals surface area (Å²) in [5.74, 6) is -0.146. The molecule has 0 heterocycles. The van der Waals surface area contributed by atoms with Crippen LogP contribution in [0.5, 0.6) is 0 Å². The highest BCUT2D eigenvalue weighted by atomic mass is 16.5. The van der Waals surface area contributed by atoms with Gasteiger partial charge in [0, 0.05) is 6.04 Å². The molecule has 0 unspecified atom stereocenters. The van der Waals surface area contributed by atoms with Crippen molar-refractivity contribution >= 4 is 5.97 Å². The molecule has 0 aliphatic heterocycles. The van der Waals surface area contributed by atoms with Crippen LogP contribution in [0.1, 0.15) is 60.3 Å². The predicted octanol–water partition coefficient (Wildman–Crippen LogP) is 2.89. The second kappa shape index (κ2) is 7.66. The molecule has 0 aromatic rings. The average molecular weight is 229 g/mol. The summed E-state index contributed by atoms with van der Waals surface area (Å²) in [6.07, 6.45) is 4.05. The van der Waals surface area contributed by atoms with Crippen LogP contribution < -0.4 is 5.32 Å². The first kappa shape index (κ1) is 15.4. The summed E-state index contributed by atoms with van der Waals surface area (Å²) in [5, 5.41) is 3.34. The fourth-order valence-corrected chi connectivity index (χ4v) is 1.55. The van der Waals surface area contributed by atoms with Crippen LogP contribution in [0.2, 0.25) is 0 Å². The molecule has 0 rings (SSSR count). The quantitative estimate of drug-likeness (QED) is 0.514. The van der Waals surface area contributed by atoms with Crippen LogP contribution in [0.4, 0.5) is 0 Å². The van der Waals surface area contributed by atoms with Crippen LogP contribution >= 0.6 is 0 Å². The van der Waals surface area contributed by atoms with Crippen LogP contribution in [-0.2, 0) is 9.53 Å². The van der Waals surface area contributed by atoms with Gasteiger partial charge in [-0.25, -0.2) is 0 Å². The van der Waals surface area contributed by atoms with Crippen molar-refractivity contribution in [3.05, 3.63) is 0 Å². The first-order valence-electron chi connectivity index (χ1n) is 6.42. The third-order valence-corrected chi connectivity index (χ3v) is 2.79. The van der Waals surface area contributed by atoms with E-state index in [1.54, 1.807) is 0 Å². The number of hydrogen-bond donors (Lipinski definition) is 1. The lowest BCUT2D eigenvalue weighted by atomic mass is 10.0. The maximum Gasteiger partial charge on any atom is 0.325 e. The van der Waals surface area contributed by atoms with Gasteiger partial charge in [-0.3, -0.25) is 10.1 Å². The fraction of sp³-hybridized carbons (Fsp3) is 0.923. The predicted molar refractivity (Wildman–Crippen MR) is 67.5 cm³/mol. The summed E-state index contributed by atoms with van der Waals surface area (Å²) >= 11 is 0. The van der Waals surface area contributed by atoms with Gasteiger partial charge in [0.15, 0.2) is 0 Å². The molecule has 3 heteroatoms. The Labute approximate surface area is 99.9 Å². The molecule has 3 nitrogen and oxygen atoms in total. The number of rotatable bonds is 8. The molecule has 0 spiro atoms. The number of carbonyl (C=O) groups excluding carboxylic acids is 1. The van der Waals surface area contributed by atoms with Crippen LogP contribution in [0.25, 0.3) is 0 Å². The van der Waals surface area contributed by atoms with E-state index in [1.165, 1.54) is 0 Å². The molecular weight excluding hydrogens is 202 g/mol. The highest BCUT2D eigenvalue weighted by Crippen LogP contribution is 2.10. The largest absolute Gasteiger partial charge is 0.464 e. The molecule has 0 saturated heterocycles. The average Bonchev–Trinajstić information content (AvgIpc) is 2.26. The lowest BCUT2D eigenvalue weighted by Gasteiger charge is -2.29. The van der Waals surface area contributed by atoms with E-state index in [1.807, 2.05) is 13.8 Å². The zero-order valence-electron chi connectivity index (χ0n) is 11.4. The van der Waals surface area contributed by atoms with Crippen molar-refractivity contribution in [3.8, 4) is 0 Å². The number of ether oxygens (including phenoxy) is 1. The Morgan fingerprint density at radius 3 is 2.25 bits per heavy atom. The maximum absolute atomic E-state index is 11.8. The minimum absolute atomic E-state index is 0.146. The Balaban J connectivity index is 4.13. The van der Waals surface area contributed by atoms with E-state index in [9.17, 15) is 4.79 Å². The third-order valence-electron chi connectivity index (χ3n) is 2.79. The van der Waals surface area contributed by atoms with E-state index >= 15 is 0 Å². The molecule has 96 valence electrons. The van der Waals surface area contributed by atoms with Crippen molar-refractivity contribution in [3.63, 3.8) is 0 Å². The van der Waals surface area contributed by atoms with Crippen molar-refractivity contribution in [2.24, 2.45) is 0 Å². The standard InChI is InChI=1S/C13H27NO2/c1-6-9-10-16-12(15)13(4,5)14-11(7-2)8-3/h11,14H,6-10H2,1-5H3. The molecule has 0 aromatic carbocycles. The van der Waals surface area contributed by atoms with Crippen molar-refractivity contribution in [1.29, 1.82) is 0 Å². The summed E-state index contributed by atoms with van der Waals surface area (Å²) in [6, 6.07) is 0.383. The molecule has 0 atom stereocenters. The molecule has 0 saturated carbocycles. The second-order valence-electron chi connectivity index (χ2n) is 4.77. The summed E-state index contributed by atoms with van der Waals surface area (Å²) in [7, 11) is 0. The van der Waals surface area contributed by atoms with E-state index in [0.29, 0.717) is 12.6 Å². The summed E-state index contributed by atoms with van der Waals surface area (Å²) in [6.45, 7) is 10.6. The zero-order chi connectivity index (χ0) is 12.6. The lowest BCUT2D eigenvalue weighted by Crippen LogP contribution is -2.52. The molecule has 0 aliphatic carbocycles. The molecule has 0 amide bonds. The van der Waals surface area contributed by atoms with Gasteiger partial charge in [-0.15, -0.1) is 0 Å². The molecule has 0 radical (unpaired) electrons. The Bertz CT molecular complexity index is 198. The van der Waals surface area contributed by atoms with Gasteiger partial charge in [-0.2, -0.15) is 0 Å². The first-order chi connectivity index (χ1) is 7.47. The van der Waals surface area contributed by atoms with Gasteiger partial charge in [-0.1, -0.05) is 27.2 Å². The molecule has 0 bridgehead atoms. The minimum atomic E-state index is -0.579. The van der Waals surface area contributed by atoms with Crippen LogP contribution in [0.3, 0.4) is 0 Å². The van der Waals surface area contributed by atoms with Crippen molar-refractivity contribution in [2.45, 2.75) is 71.9 Å². The molecule has 0 aliphatic rings. The van der Waals surface area contributed by atoms with Crippen molar-refractivity contribution < 1.29 is 9.53 Å². The van der Waals surface area contributed by atoms with Gasteiger partial charge < -0.3 is 4.74 Å². The summed E-state index contributed by atoms with van der Waals surface area (Å²) in [4.78, 5) is 11.8. The molecule has 16 heavy (non-hydrogen) atoms. The van der Waals surface area contributed by atoms with Gasteiger partial charge in [0.2, 0.25) is 0 Å². The minimum Gasteiger partial charge on any atom is -0.464 e. The number of carbonyl (C=O) groups is 1. The lowest BCUT2D eigenvalue weighted by molar-refractivity contribution is -0.150. The molecule has 0 fully saturated rings. The van der Waals surface area contributed by atoms with E-state index in [-0.39, 0.29) is 5.97 Å². The van der Waals surface area contributed by atoms with E-state index in [2.05, 4.69) is 26.1 Å². The number of unbranched alkanes of at least 4 members (excludes halogenated alkanes) is 1. The van der Waals surface area contributed by atoms with Gasteiger partial charge in [0.05, 0.1) is 6.61 Å². The smallest absolute Gasteiger partial charge is 0.325 e. The van der Waals surface area contributed by atoms with Crippen molar-refractivity contribution in [1.82, 2.24) is 5.32 Å². The van der Waals surface area contributed by atoms with E-state index in [0.717, 1.165) is 25.7 Å². The third kappa shape index (κ3) is 5.50. The van der Waals surface area contributed by atoms with Gasteiger partial charge in [0.25, 0.3) is 0 Å². The highest BCUT2D eigenvalue weighted by Gasteiger charge is 2.30. The Kier molecular flexibility index (Phi) is 7.39. The molecule has 1 N–H and O–H groups in total. The van der Waals surface area contributed by atoms with Gasteiger partial charge >= 0.3 is 5.97 Å². The maximum atomic E-state index is 11.8. The van der Waals surface area contributed by atoms with Gasteiger partial charge in [0.1, 0.15) is 5.54 Å². The van der Waals surface area contributed by atoms with E-state index < -0.39 is 5.54 Å².